The maximum atomic E-state index is 11.3. The predicted molar refractivity (Wildman–Crippen MR) is 48.2 cm³/mol. The van der Waals surface area contributed by atoms with E-state index in [9.17, 15) is 8.42 Å². The first-order chi connectivity index (χ1) is 5.43. The highest BCUT2D eigenvalue weighted by Crippen LogP contribution is 2.24. The highest BCUT2D eigenvalue weighted by Gasteiger charge is 2.43. The van der Waals surface area contributed by atoms with Gasteiger partial charge in [-0.3, -0.25) is 0 Å². The molecule has 0 spiro atoms. The molecule has 4 nitrogen and oxygen atoms in total. The Labute approximate surface area is 73.8 Å². The van der Waals surface area contributed by atoms with E-state index >= 15 is 0 Å². The van der Waals surface area contributed by atoms with Crippen LogP contribution in [0, 0.1) is 0 Å². The van der Waals surface area contributed by atoms with Crippen molar-refractivity contribution in [2.24, 2.45) is 5.73 Å². The molecule has 1 fully saturated rings. The number of nitrogens with zero attached hydrogens (tertiary/aromatic N) is 1. The summed E-state index contributed by atoms with van der Waals surface area (Å²) in [5.74, 6) is 0.173. The van der Waals surface area contributed by atoms with Crippen LogP contribution < -0.4 is 5.73 Å². The monoisotopic (exact) mass is 192 g/mol. The molecule has 0 radical (unpaired) electrons. The summed E-state index contributed by atoms with van der Waals surface area (Å²) < 4.78 is 24.0. The van der Waals surface area contributed by atoms with Gasteiger partial charge in [0.2, 0.25) is 10.0 Å². The molecule has 0 aliphatic carbocycles. The van der Waals surface area contributed by atoms with E-state index in [-0.39, 0.29) is 11.3 Å². The van der Waals surface area contributed by atoms with Gasteiger partial charge in [0, 0.05) is 18.6 Å². The molecule has 2 N–H and O–H groups in total. The molecule has 0 amide bonds. The minimum absolute atomic E-state index is 0.173. The summed E-state index contributed by atoms with van der Waals surface area (Å²) in [5, 5.41) is 0. The third-order valence-electron chi connectivity index (χ3n) is 2.44. The first-order valence-corrected chi connectivity index (χ1v) is 5.81. The minimum atomic E-state index is -2.99. The van der Waals surface area contributed by atoms with Gasteiger partial charge in [-0.15, -0.1) is 0 Å². The normalized spacial score (nSPS) is 23.6. The molecule has 0 aromatic heterocycles. The van der Waals surface area contributed by atoms with Gasteiger partial charge in [-0.2, -0.15) is 4.31 Å². The fraction of sp³-hybridized carbons (Fsp3) is 1.00. The molecule has 0 atom stereocenters. The molecule has 0 unspecified atom stereocenters. The quantitative estimate of drug-likeness (QED) is 0.671. The van der Waals surface area contributed by atoms with E-state index < -0.39 is 10.0 Å². The number of rotatable bonds is 3. The zero-order valence-corrected chi connectivity index (χ0v) is 8.39. The molecule has 12 heavy (non-hydrogen) atoms. The molecule has 1 aliphatic heterocycles. The van der Waals surface area contributed by atoms with Gasteiger partial charge in [0.25, 0.3) is 0 Å². The van der Waals surface area contributed by atoms with Gasteiger partial charge in [-0.05, 0) is 13.3 Å². The van der Waals surface area contributed by atoms with Crippen LogP contribution in [0.15, 0.2) is 0 Å². The maximum absolute atomic E-state index is 11.3. The molecule has 1 rings (SSSR count). The molecule has 72 valence electrons. The van der Waals surface area contributed by atoms with Crippen LogP contribution >= 0.6 is 0 Å². The first-order valence-electron chi connectivity index (χ1n) is 4.20. The van der Waals surface area contributed by atoms with E-state index in [0.29, 0.717) is 13.1 Å². The molecule has 0 aromatic carbocycles. The second-order valence-electron chi connectivity index (χ2n) is 3.38. The molecule has 1 heterocycles. The van der Waals surface area contributed by atoms with Gasteiger partial charge in [0.15, 0.2) is 0 Å². The van der Waals surface area contributed by atoms with Gasteiger partial charge in [0.05, 0.1) is 5.75 Å². The average molecular weight is 192 g/mol. The van der Waals surface area contributed by atoms with Crippen LogP contribution in [-0.4, -0.2) is 37.1 Å². The van der Waals surface area contributed by atoms with Gasteiger partial charge in [-0.25, -0.2) is 8.42 Å². The highest BCUT2D eigenvalue weighted by molar-refractivity contribution is 7.89. The fourth-order valence-electron chi connectivity index (χ4n) is 1.26. The summed E-state index contributed by atoms with van der Waals surface area (Å²) in [6.45, 7) is 4.60. The summed E-state index contributed by atoms with van der Waals surface area (Å²) >= 11 is 0. The van der Waals surface area contributed by atoms with Crippen LogP contribution in [0.4, 0.5) is 0 Å². The summed E-state index contributed by atoms with van der Waals surface area (Å²) in [5.41, 5.74) is 5.58. The van der Waals surface area contributed by atoms with Crippen molar-refractivity contribution in [3.05, 3.63) is 0 Å². The molecule has 0 saturated carbocycles. The van der Waals surface area contributed by atoms with E-state index in [0.717, 1.165) is 6.42 Å². The Kier molecular flexibility index (Phi) is 2.47. The van der Waals surface area contributed by atoms with Crippen LogP contribution in [0.2, 0.25) is 0 Å². The van der Waals surface area contributed by atoms with Gasteiger partial charge in [0.1, 0.15) is 0 Å². The Bertz CT molecular complexity index is 255. The number of hydrogen-bond donors (Lipinski definition) is 1. The average Bonchev–Trinajstić information content (AvgIpc) is 1.98. The smallest absolute Gasteiger partial charge is 0.213 e. The lowest BCUT2D eigenvalue weighted by Gasteiger charge is -2.46. The zero-order valence-electron chi connectivity index (χ0n) is 7.58. The van der Waals surface area contributed by atoms with Crippen molar-refractivity contribution in [3.63, 3.8) is 0 Å². The van der Waals surface area contributed by atoms with Gasteiger partial charge < -0.3 is 5.73 Å². The minimum Gasteiger partial charge on any atom is -0.323 e. The summed E-state index contributed by atoms with van der Waals surface area (Å²) in [4.78, 5) is 0. The van der Waals surface area contributed by atoms with Crippen LogP contribution in [-0.2, 0) is 10.0 Å². The van der Waals surface area contributed by atoms with E-state index in [1.807, 2.05) is 6.92 Å². The van der Waals surface area contributed by atoms with E-state index in [4.69, 9.17) is 5.73 Å². The Morgan fingerprint density at radius 3 is 2.25 bits per heavy atom. The lowest BCUT2D eigenvalue weighted by molar-refractivity contribution is 0.153. The third-order valence-corrected chi connectivity index (χ3v) is 4.22. The Hall–Kier alpha value is -0.130. The highest BCUT2D eigenvalue weighted by atomic mass is 32.2. The van der Waals surface area contributed by atoms with Crippen molar-refractivity contribution in [3.8, 4) is 0 Å². The van der Waals surface area contributed by atoms with Crippen LogP contribution in [0.1, 0.15) is 20.3 Å². The fourth-order valence-corrected chi connectivity index (χ4v) is 2.53. The number of nitrogens with two attached hydrogens (primary N) is 1. The molecule has 5 heteroatoms. The summed E-state index contributed by atoms with van der Waals surface area (Å²) in [6, 6.07) is 0. The number of sulfonamides is 1. The summed E-state index contributed by atoms with van der Waals surface area (Å²) in [7, 11) is -2.99. The molecular weight excluding hydrogens is 176 g/mol. The lowest BCUT2D eigenvalue weighted by atomic mass is 9.91. The first kappa shape index (κ1) is 9.95. The van der Waals surface area contributed by atoms with Crippen molar-refractivity contribution in [1.29, 1.82) is 0 Å². The summed E-state index contributed by atoms with van der Waals surface area (Å²) in [6.07, 6.45) is 0.836. The van der Waals surface area contributed by atoms with E-state index in [1.165, 1.54) is 4.31 Å². The van der Waals surface area contributed by atoms with Gasteiger partial charge >= 0.3 is 0 Å². The Morgan fingerprint density at radius 1 is 1.42 bits per heavy atom. The van der Waals surface area contributed by atoms with Crippen molar-refractivity contribution in [2.75, 3.05) is 18.8 Å². The van der Waals surface area contributed by atoms with Crippen LogP contribution in [0.25, 0.3) is 0 Å². The molecule has 0 bridgehead atoms. The van der Waals surface area contributed by atoms with Gasteiger partial charge in [-0.1, -0.05) is 6.92 Å². The van der Waals surface area contributed by atoms with Crippen molar-refractivity contribution in [1.82, 2.24) is 4.31 Å². The molecule has 1 saturated heterocycles. The van der Waals surface area contributed by atoms with Crippen molar-refractivity contribution in [2.45, 2.75) is 25.8 Å². The second kappa shape index (κ2) is 2.97. The molecular formula is C7H16N2O2S. The standard InChI is InChI=1S/C7H16N2O2S/c1-3-7(8)5-9(6-7)12(10,11)4-2/h3-6,8H2,1-2H3. The Balaban J connectivity index is 2.56. The topological polar surface area (TPSA) is 63.4 Å². The van der Waals surface area contributed by atoms with Crippen molar-refractivity contribution >= 4 is 10.0 Å². The SMILES string of the molecule is CCC1(N)CN(S(=O)(=O)CC)C1. The number of hydrogen-bond acceptors (Lipinski definition) is 3. The lowest BCUT2D eigenvalue weighted by Crippen LogP contribution is -2.68. The maximum Gasteiger partial charge on any atom is 0.213 e. The Morgan fingerprint density at radius 2 is 1.92 bits per heavy atom. The van der Waals surface area contributed by atoms with E-state index in [2.05, 4.69) is 0 Å². The van der Waals surface area contributed by atoms with Crippen molar-refractivity contribution < 1.29 is 8.42 Å². The van der Waals surface area contributed by atoms with E-state index in [1.54, 1.807) is 6.92 Å². The van der Waals surface area contributed by atoms with Crippen LogP contribution in [0.5, 0.6) is 0 Å². The molecule has 1 aliphatic rings. The molecule has 0 aromatic rings. The largest absolute Gasteiger partial charge is 0.323 e. The van der Waals surface area contributed by atoms with Crippen LogP contribution in [0.3, 0.4) is 0 Å². The predicted octanol–water partition coefficient (Wildman–Crippen LogP) is -0.241. The zero-order chi connectivity index (χ0) is 9.41. The second-order valence-corrected chi connectivity index (χ2v) is 5.64. The third kappa shape index (κ3) is 1.62.